The maximum absolute atomic E-state index is 12.3. The van der Waals surface area contributed by atoms with Crippen molar-refractivity contribution in [2.24, 2.45) is 0 Å². The number of thioether (sulfide) groups is 1. The van der Waals surface area contributed by atoms with Gasteiger partial charge >= 0.3 is 0 Å². The molecule has 0 bridgehead atoms. The van der Waals surface area contributed by atoms with E-state index in [4.69, 9.17) is 0 Å². The van der Waals surface area contributed by atoms with Crippen molar-refractivity contribution in [3.8, 4) is 11.4 Å². The number of hydrogen-bond donors (Lipinski definition) is 1. The lowest BCUT2D eigenvalue weighted by Crippen LogP contribution is -2.34. The zero-order valence-electron chi connectivity index (χ0n) is 16.3. The smallest absolute Gasteiger partial charge is 0.230 e. The molecule has 1 heterocycles. The minimum absolute atomic E-state index is 0.0254. The lowest BCUT2D eigenvalue weighted by atomic mass is 10.1. The van der Waals surface area contributed by atoms with Crippen molar-refractivity contribution >= 4 is 17.7 Å². The lowest BCUT2D eigenvalue weighted by Gasteiger charge is -2.14. The molecule has 6 heteroatoms. The minimum Gasteiger partial charge on any atom is -0.353 e. The van der Waals surface area contributed by atoms with Gasteiger partial charge in [-0.2, -0.15) is 0 Å². The molecule has 0 aliphatic carbocycles. The Hall–Kier alpha value is -2.60. The van der Waals surface area contributed by atoms with Crippen molar-refractivity contribution in [1.29, 1.82) is 0 Å². The van der Waals surface area contributed by atoms with E-state index in [1.165, 1.54) is 17.3 Å². The lowest BCUT2D eigenvalue weighted by molar-refractivity contribution is -0.119. The highest BCUT2D eigenvalue weighted by Gasteiger charge is 2.15. The van der Waals surface area contributed by atoms with E-state index in [0.717, 1.165) is 35.9 Å². The van der Waals surface area contributed by atoms with Crippen molar-refractivity contribution in [3.05, 3.63) is 66.2 Å². The molecule has 3 aromatic rings. The van der Waals surface area contributed by atoms with Gasteiger partial charge in [0, 0.05) is 18.2 Å². The van der Waals surface area contributed by atoms with Gasteiger partial charge in [0.2, 0.25) is 5.91 Å². The second kappa shape index (κ2) is 10.1. The predicted molar refractivity (Wildman–Crippen MR) is 114 cm³/mol. The third-order valence-electron chi connectivity index (χ3n) is 4.51. The molecule has 0 unspecified atom stereocenters. The van der Waals surface area contributed by atoms with E-state index in [-0.39, 0.29) is 11.9 Å². The number of carbonyl (C=O) groups is 1. The summed E-state index contributed by atoms with van der Waals surface area (Å²) in [5.74, 6) is 1.20. The number of hydrogen-bond acceptors (Lipinski definition) is 4. The Labute approximate surface area is 170 Å². The van der Waals surface area contributed by atoms with Crippen molar-refractivity contribution in [3.63, 3.8) is 0 Å². The Bertz CT molecular complexity index is 880. The normalized spacial score (nSPS) is 11.9. The first-order valence-corrected chi connectivity index (χ1v) is 10.6. The summed E-state index contributed by atoms with van der Waals surface area (Å²) in [6.07, 6.45) is 1.88. The van der Waals surface area contributed by atoms with Gasteiger partial charge in [-0.15, -0.1) is 10.2 Å². The van der Waals surface area contributed by atoms with E-state index in [2.05, 4.69) is 34.6 Å². The average molecular weight is 395 g/mol. The first kappa shape index (κ1) is 20.1. The predicted octanol–water partition coefficient (Wildman–Crippen LogP) is 4.19. The largest absolute Gasteiger partial charge is 0.353 e. The van der Waals surface area contributed by atoms with Gasteiger partial charge in [0.1, 0.15) is 0 Å². The summed E-state index contributed by atoms with van der Waals surface area (Å²) in [6.45, 7) is 4.87. The monoisotopic (exact) mass is 394 g/mol. The summed E-state index contributed by atoms with van der Waals surface area (Å²) in [6, 6.07) is 20.5. The molecular formula is C22H26N4OS. The maximum atomic E-state index is 12.3. The van der Waals surface area contributed by atoms with Crippen LogP contribution in [0.5, 0.6) is 0 Å². The van der Waals surface area contributed by atoms with E-state index in [0.29, 0.717) is 5.75 Å². The fraction of sp³-hybridized carbons (Fsp3) is 0.318. The average Bonchev–Trinajstić information content (AvgIpc) is 3.15. The van der Waals surface area contributed by atoms with Crippen LogP contribution in [0.4, 0.5) is 0 Å². The summed E-state index contributed by atoms with van der Waals surface area (Å²) in [4.78, 5) is 12.3. The highest BCUT2D eigenvalue weighted by molar-refractivity contribution is 7.99. The van der Waals surface area contributed by atoms with Crippen LogP contribution in [0.1, 0.15) is 25.8 Å². The molecule has 2 aromatic carbocycles. The summed E-state index contributed by atoms with van der Waals surface area (Å²) in [5.41, 5.74) is 2.32. The van der Waals surface area contributed by atoms with Gasteiger partial charge in [-0.25, -0.2) is 0 Å². The Morgan fingerprint density at radius 1 is 1.07 bits per heavy atom. The SMILES string of the molecule is CCn1c(SCC(=O)N[C@@H](C)CCc2ccccc2)nnc1-c1ccccc1. The summed E-state index contributed by atoms with van der Waals surface area (Å²) in [5, 5.41) is 12.5. The number of benzene rings is 2. The van der Waals surface area contributed by atoms with Crippen LogP contribution in [0.25, 0.3) is 11.4 Å². The van der Waals surface area contributed by atoms with E-state index >= 15 is 0 Å². The van der Waals surface area contributed by atoms with Crippen LogP contribution in [-0.2, 0) is 17.8 Å². The third-order valence-corrected chi connectivity index (χ3v) is 5.48. The van der Waals surface area contributed by atoms with Gasteiger partial charge in [0.15, 0.2) is 11.0 Å². The molecule has 1 aromatic heterocycles. The molecule has 28 heavy (non-hydrogen) atoms. The number of amides is 1. The molecule has 0 fully saturated rings. The van der Waals surface area contributed by atoms with Crippen molar-refractivity contribution in [2.45, 2.75) is 44.4 Å². The molecule has 0 radical (unpaired) electrons. The zero-order chi connectivity index (χ0) is 19.8. The first-order valence-electron chi connectivity index (χ1n) is 9.62. The number of nitrogens with zero attached hydrogens (tertiary/aromatic N) is 3. The van der Waals surface area contributed by atoms with Crippen LogP contribution >= 0.6 is 11.8 Å². The standard InChI is InChI=1S/C22H26N4OS/c1-3-26-21(19-12-8-5-9-13-19)24-25-22(26)28-16-20(27)23-17(2)14-15-18-10-6-4-7-11-18/h4-13,17H,3,14-16H2,1-2H3,(H,23,27)/t17-/m0/s1. The van der Waals surface area contributed by atoms with Gasteiger partial charge in [-0.05, 0) is 32.3 Å². The highest BCUT2D eigenvalue weighted by atomic mass is 32.2. The Balaban J connectivity index is 1.51. The number of aromatic nitrogens is 3. The quantitative estimate of drug-likeness (QED) is 0.553. The zero-order valence-corrected chi connectivity index (χ0v) is 17.2. The molecule has 0 aliphatic heterocycles. The second-order valence-corrected chi connectivity index (χ2v) is 7.64. The Kier molecular flexibility index (Phi) is 7.25. The topological polar surface area (TPSA) is 59.8 Å². The summed E-state index contributed by atoms with van der Waals surface area (Å²) >= 11 is 1.43. The molecule has 146 valence electrons. The number of rotatable bonds is 9. The second-order valence-electron chi connectivity index (χ2n) is 6.70. The molecular weight excluding hydrogens is 368 g/mol. The van der Waals surface area contributed by atoms with Crippen molar-refractivity contribution in [1.82, 2.24) is 20.1 Å². The number of nitrogens with one attached hydrogen (secondary N) is 1. The van der Waals surface area contributed by atoms with E-state index in [1.807, 2.05) is 60.0 Å². The Morgan fingerprint density at radius 2 is 1.75 bits per heavy atom. The van der Waals surface area contributed by atoms with Crippen LogP contribution in [0, 0.1) is 0 Å². The van der Waals surface area contributed by atoms with Gasteiger partial charge in [0.05, 0.1) is 5.75 Å². The van der Waals surface area contributed by atoms with E-state index in [9.17, 15) is 4.79 Å². The first-order chi connectivity index (χ1) is 13.7. The van der Waals surface area contributed by atoms with E-state index < -0.39 is 0 Å². The molecule has 1 N–H and O–H groups in total. The van der Waals surface area contributed by atoms with Crippen LogP contribution in [-0.4, -0.2) is 32.5 Å². The summed E-state index contributed by atoms with van der Waals surface area (Å²) < 4.78 is 2.05. The molecule has 5 nitrogen and oxygen atoms in total. The fourth-order valence-corrected chi connectivity index (χ4v) is 3.84. The van der Waals surface area contributed by atoms with Gasteiger partial charge in [0.25, 0.3) is 0 Å². The number of carbonyl (C=O) groups excluding carboxylic acids is 1. The molecule has 0 saturated heterocycles. The highest BCUT2D eigenvalue weighted by Crippen LogP contribution is 2.23. The summed E-state index contributed by atoms with van der Waals surface area (Å²) in [7, 11) is 0. The van der Waals surface area contributed by atoms with Crippen LogP contribution in [0.2, 0.25) is 0 Å². The van der Waals surface area contributed by atoms with Crippen molar-refractivity contribution in [2.75, 3.05) is 5.75 Å². The Morgan fingerprint density at radius 3 is 2.43 bits per heavy atom. The van der Waals surface area contributed by atoms with Gasteiger partial charge in [-0.3, -0.25) is 4.79 Å². The van der Waals surface area contributed by atoms with Gasteiger partial charge in [-0.1, -0.05) is 72.4 Å². The molecule has 1 atom stereocenters. The molecule has 0 aliphatic rings. The van der Waals surface area contributed by atoms with Crippen LogP contribution in [0.3, 0.4) is 0 Å². The fourth-order valence-electron chi connectivity index (χ4n) is 3.03. The number of aryl methyl sites for hydroxylation is 1. The van der Waals surface area contributed by atoms with Crippen LogP contribution in [0.15, 0.2) is 65.8 Å². The minimum atomic E-state index is 0.0254. The molecule has 3 rings (SSSR count). The molecule has 0 saturated carbocycles. The van der Waals surface area contributed by atoms with Crippen molar-refractivity contribution < 1.29 is 4.79 Å². The molecule has 1 amide bonds. The van der Waals surface area contributed by atoms with Crippen LogP contribution < -0.4 is 5.32 Å². The third kappa shape index (κ3) is 5.45. The molecule has 0 spiro atoms. The maximum Gasteiger partial charge on any atom is 0.230 e. The van der Waals surface area contributed by atoms with Gasteiger partial charge < -0.3 is 9.88 Å². The van der Waals surface area contributed by atoms with E-state index in [1.54, 1.807) is 0 Å².